The van der Waals surface area contributed by atoms with Crippen molar-refractivity contribution in [1.29, 1.82) is 0 Å². The van der Waals surface area contributed by atoms with E-state index >= 15 is 0 Å². The average Bonchev–Trinajstić information content (AvgIpc) is 2.15. The van der Waals surface area contributed by atoms with Crippen molar-refractivity contribution in [1.82, 2.24) is 0 Å². The molecule has 0 aromatic rings. The smallest absolute Gasteiger partial charge is 0.430 e. The van der Waals surface area contributed by atoms with Crippen LogP contribution in [0.25, 0.3) is 0 Å². The van der Waals surface area contributed by atoms with Crippen LogP contribution in [-0.4, -0.2) is 51.5 Å². The number of aliphatic carboxylic acids is 2. The molecule has 0 heterocycles. The molecule has 0 radical (unpaired) electrons. The lowest BCUT2D eigenvalue weighted by atomic mass is 10.6. The van der Waals surface area contributed by atoms with Crippen LogP contribution in [-0.2, 0) is 9.59 Å². The number of hydrogen-bond acceptors (Lipinski definition) is 4. The van der Waals surface area contributed by atoms with E-state index in [9.17, 15) is 26.3 Å². The third-order valence-electron chi connectivity index (χ3n) is 1.14. The number of carbonyl (C=O) groups excluding carboxylic acids is 2. The van der Waals surface area contributed by atoms with Crippen LogP contribution in [0.15, 0.2) is 0 Å². The fourth-order valence-electron chi connectivity index (χ4n) is 0.354. The number of carboxylic acids is 2. The fourth-order valence-corrected chi connectivity index (χ4v) is 0.354. The molecule has 0 saturated carbocycles. The van der Waals surface area contributed by atoms with Gasteiger partial charge in [0.15, 0.2) is 0 Å². The van der Waals surface area contributed by atoms with Gasteiger partial charge in [0, 0.05) is 0 Å². The van der Waals surface area contributed by atoms with Crippen molar-refractivity contribution < 1.29 is 56.8 Å². The summed E-state index contributed by atoms with van der Waals surface area (Å²) in [4.78, 5) is 19.0. The van der Waals surface area contributed by atoms with Crippen molar-refractivity contribution in [3.05, 3.63) is 0 Å². The first-order chi connectivity index (χ1) is 8.66. The molecule has 0 spiro atoms. The largest absolute Gasteiger partial charge is 0.542 e. The van der Waals surface area contributed by atoms with E-state index in [1.807, 2.05) is 0 Å². The Balaban J connectivity index is -0.000000218. The third-order valence-corrected chi connectivity index (χ3v) is 1.14. The lowest BCUT2D eigenvalue weighted by molar-refractivity contribution is -0.864. The number of alkyl halides is 6. The first-order valence-corrected chi connectivity index (χ1v) is 4.80. The van der Waals surface area contributed by atoms with Gasteiger partial charge in [-0.25, -0.2) is 0 Å². The van der Waals surface area contributed by atoms with Crippen molar-refractivity contribution in [2.24, 2.45) is 0 Å². The molecule has 0 unspecified atom stereocenters. The molecular weight excluding hydrogens is 302 g/mol. The number of carboxylic acid groups (broad SMARTS) is 2. The molecule has 0 aliphatic carbocycles. The zero-order valence-corrected chi connectivity index (χ0v) is 10.5. The summed E-state index contributed by atoms with van der Waals surface area (Å²) in [5.41, 5.74) is 3.70. The lowest BCUT2D eigenvalue weighted by Gasteiger charge is -2.03. The maximum absolute atomic E-state index is 10.5. The molecule has 0 aromatic heterocycles. The van der Waals surface area contributed by atoms with Crippen molar-refractivity contribution in [2.45, 2.75) is 12.4 Å². The van der Waals surface area contributed by atoms with Gasteiger partial charge in [0.25, 0.3) is 0 Å². The van der Waals surface area contributed by atoms with Crippen LogP contribution in [0.1, 0.15) is 0 Å². The van der Waals surface area contributed by atoms with E-state index in [1.54, 1.807) is 0 Å². The van der Waals surface area contributed by atoms with Crippen molar-refractivity contribution in [3.8, 4) is 0 Å². The Morgan fingerprint density at radius 2 is 1.15 bits per heavy atom. The minimum Gasteiger partial charge on any atom is -0.542 e. The van der Waals surface area contributed by atoms with Gasteiger partial charge in [0.2, 0.25) is 0 Å². The molecule has 6 nitrogen and oxygen atoms in total. The zero-order valence-electron chi connectivity index (χ0n) is 10.5. The monoisotopic (exact) mass is 316 g/mol. The molecule has 0 rings (SSSR count). The summed E-state index contributed by atoms with van der Waals surface area (Å²) < 4.78 is 63.1. The highest BCUT2D eigenvalue weighted by Gasteiger charge is 2.29. The third kappa shape index (κ3) is 21.7. The average molecular weight is 316 g/mol. The summed E-state index contributed by atoms with van der Waals surface area (Å²) in [5, 5.41) is 17.6. The van der Waals surface area contributed by atoms with Crippen LogP contribution >= 0.6 is 0 Å². The van der Waals surface area contributed by atoms with Crippen molar-refractivity contribution >= 4 is 11.9 Å². The second-order valence-electron chi connectivity index (χ2n) is 3.38. The minimum atomic E-state index is -5.19. The van der Waals surface area contributed by atoms with Gasteiger partial charge in [0.05, 0.1) is 14.1 Å². The molecular formula is C8H14F6N2O4. The summed E-state index contributed by atoms with van der Waals surface area (Å²) in [6.45, 7) is 2.22. The van der Waals surface area contributed by atoms with Gasteiger partial charge < -0.3 is 30.4 Å². The first-order valence-electron chi connectivity index (χ1n) is 4.80. The number of rotatable bonds is 2. The molecule has 12 heteroatoms. The van der Waals surface area contributed by atoms with Gasteiger partial charge in [0.1, 0.15) is 25.0 Å². The zero-order chi connectivity index (χ0) is 17.1. The highest BCUT2D eigenvalue weighted by Crippen LogP contribution is 2.12. The Morgan fingerprint density at radius 1 is 0.950 bits per heavy atom. The maximum Gasteiger partial charge on any atom is 0.430 e. The SMILES string of the molecule is C[NH+](C)CC[NH3+].O=C([O-])C(F)(F)F.O=C([O-])C(F)(F)F. The van der Waals surface area contributed by atoms with E-state index < -0.39 is 24.3 Å². The standard InChI is InChI=1S/C4H12N2.2C2HF3O2/c1-6(2)4-3-5;2*3-2(4,5)1(6)7/h3-5H2,1-2H3;2*(H,6,7). The summed E-state index contributed by atoms with van der Waals surface area (Å²) >= 11 is 0. The van der Waals surface area contributed by atoms with E-state index in [2.05, 4.69) is 19.8 Å². The molecule has 20 heavy (non-hydrogen) atoms. The van der Waals surface area contributed by atoms with Crippen LogP contribution < -0.4 is 20.8 Å². The number of hydrogen-bond donors (Lipinski definition) is 2. The van der Waals surface area contributed by atoms with E-state index in [0.717, 1.165) is 6.54 Å². The van der Waals surface area contributed by atoms with Crippen molar-refractivity contribution in [3.63, 3.8) is 0 Å². The highest BCUT2D eigenvalue weighted by atomic mass is 19.4. The predicted octanol–water partition coefficient (Wildman–Crippen LogP) is -4.03. The summed E-state index contributed by atoms with van der Waals surface area (Å²) in [7, 11) is 4.26. The van der Waals surface area contributed by atoms with E-state index in [4.69, 9.17) is 19.8 Å². The Bertz CT molecular complexity index is 266. The second-order valence-corrected chi connectivity index (χ2v) is 3.38. The predicted molar refractivity (Wildman–Crippen MR) is 47.6 cm³/mol. The summed E-state index contributed by atoms with van der Waals surface area (Å²) in [5.74, 6) is -6.01. The molecule has 0 amide bonds. The summed E-state index contributed by atoms with van der Waals surface area (Å²) in [6, 6.07) is 0. The van der Waals surface area contributed by atoms with Gasteiger partial charge in [-0.1, -0.05) is 0 Å². The number of halogens is 6. The topological polar surface area (TPSA) is 112 Å². The normalized spacial score (nSPS) is 10.9. The lowest BCUT2D eigenvalue weighted by Crippen LogP contribution is -3.07. The van der Waals surface area contributed by atoms with Crippen LogP contribution in [0.2, 0.25) is 0 Å². The molecule has 0 aliphatic rings. The van der Waals surface area contributed by atoms with Gasteiger partial charge in [-0.3, -0.25) is 0 Å². The van der Waals surface area contributed by atoms with Crippen LogP contribution in [0.4, 0.5) is 26.3 Å². The number of likely N-dealkylation sites (N-methyl/N-ethyl adjacent to an activating group) is 1. The van der Waals surface area contributed by atoms with Gasteiger partial charge in [-0.15, -0.1) is 0 Å². The minimum absolute atomic E-state index is 1.04. The molecule has 4 N–H and O–H groups in total. The van der Waals surface area contributed by atoms with E-state index in [1.165, 1.54) is 11.4 Å². The number of quaternary nitrogens is 2. The second kappa shape index (κ2) is 10.3. The molecule has 0 aliphatic heterocycles. The van der Waals surface area contributed by atoms with Gasteiger partial charge >= 0.3 is 12.4 Å². The van der Waals surface area contributed by atoms with Crippen LogP contribution in [0.5, 0.6) is 0 Å². The van der Waals surface area contributed by atoms with Gasteiger partial charge in [-0.05, 0) is 0 Å². The molecule has 0 aromatic carbocycles. The van der Waals surface area contributed by atoms with Crippen LogP contribution in [0.3, 0.4) is 0 Å². The number of carbonyl (C=O) groups is 2. The molecule has 122 valence electrons. The Morgan fingerprint density at radius 3 is 1.15 bits per heavy atom. The molecule has 0 bridgehead atoms. The Kier molecular flexibility index (Phi) is 12.1. The quantitative estimate of drug-likeness (QED) is 0.505. The Labute approximate surface area is 109 Å². The molecule has 0 saturated heterocycles. The Hall–Kier alpha value is -1.56. The van der Waals surface area contributed by atoms with Crippen molar-refractivity contribution in [2.75, 3.05) is 27.2 Å². The summed E-state index contributed by atoms with van der Waals surface area (Å²) in [6.07, 6.45) is -10.4. The first kappa shape index (κ1) is 23.5. The fraction of sp³-hybridized carbons (Fsp3) is 0.750. The van der Waals surface area contributed by atoms with Crippen LogP contribution in [0, 0.1) is 0 Å². The maximum atomic E-state index is 10.5. The number of nitrogens with one attached hydrogen (secondary N) is 1. The molecule has 0 fully saturated rings. The highest BCUT2D eigenvalue weighted by molar-refractivity contribution is 5.71. The molecule has 0 atom stereocenters. The van der Waals surface area contributed by atoms with Gasteiger partial charge in [-0.2, -0.15) is 26.3 Å². The van der Waals surface area contributed by atoms with E-state index in [0.29, 0.717) is 0 Å². The van der Waals surface area contributed by atoms with E-state index in [-0.39, 0.29) is 0 Å².